The molecule has 9 heteroatoms. The molecule has 0 aromatic heterocycles. The number of rotatable bonds is 6. The summed E-state index contributed by atoms with van der Waals surface area (Å²) in [6.07, 6.45) is -0.260. The number of nitrogens with one attached hydrogen (secondary N) is 1. The SMILES string of the molecule is C[C@@H]1CN([C@@H](C)CO)C(=O)Cc2cc(N(C)C)ccc2O[C@H]1CN(C)C(=O)Nc1ccc(F)cc1. The first-order valence-corrected chi connectivity index (χ1v) is 11.7. The second-order valence-electron chi connectivity index (χ2n) is 9.39. The predicted molar refractivity (Wildman–Crippen MR) is 134 cm³/mol. The van der Waals surface area contributed by atoms with Gasteiger partial charge in [0, 0.05) is 50.5 Å². The van der Waals surface area contributed by atoms with Crippen molar-refractivity contribution in [3.05, 3.63) is 53.8 Å². The van der Waals surface area contributed by atoms with Crippen molar-refractivity contribution >= 4 is 23.3 Å². The topological polar surface area (TPSA) is 85.4 Å². The van der Waals surface area contributed by atoms with Crippen molar-refractivity contribution in [1.29, 1.82) is 0 Å². The maximum absolute atomic E-state index is 13.2. The molecule has 190 valence electrons. The number of hydrogen-bond donors (Lipinski definition) is 2. The quantitative estimate of drug-likeness (QED) is 0.655. The highest BCUT2D eigenvalue weighted by Gasteiger charge is 2.32. The molecule has 0 fully saturated rings. The van der Waals surface area contributed by atoms with Gasteiger partial charge in [-0.15, -0.1) is 0 Å². The fourth-order valence-corrected chi connectivity index (χ4v) is 4.02. The number of fused-ring (bicyclic) bond motifs is 1. The van der Waals surface area contributed by atoms with E-state index in [0.717, 1.165) is 11.3 Å². The molecule has 1 aliphatic heterocycles. The highest BCUT2D eigenvalue weighted by Crippen LogP contribution is 2.30. The Morgan fingerprint density at radius 3 is 2.54 bits per heavy atom. The third kappa shape index (κ3) is 6.63. The molecule has 2 aromatic rings. The van der Waals surface area contributed by atoms with Gasteiger partial charge >= 0.3 is 6.03 Å². The van der Waals surface area contributed by atoms with E-state index < -0.39 is 6.10 Å². The lowest BCUT2D eigenvalue weighted by molar-refractivity contribution is -0.134. The molecular formula is C26H35FN4O4. The third-order valence-electron chi connectivity index (χ3n) is 6.31. The third-order valence-corrected chi connectivity index (χ3v) is 6.31. The number of amides is 3. The van der Waals surface area contributed by atoms with Gasteiger partial charge in [-0.3, -0.25) is 4.79 Å². The Balaban J connectivity index is 1.86. The number of aliphatic hydroxyl groups excluding tert-OH is 1. The summed E-state index contributed by atoms with van der Waals surface area (Å²) >= 11 is 0. The van der Waals surface area contributed by atoms with E-state index in [1.54, 1.807) is 11.9 Å². The van der Waals surface area contributed by atoms with Crippen molar-refractivity contribution in [3.8, 4) is 5.75 Å². The lowest BCUT2D eigenvalue weighted by atomic mass is 10.0. The molecule has 0 saturated carbocycles. The number of anilines is 2. The van der Waals surface area contributed by atoms with E-state index in [2.05, 4.69) is 5.32 Å². The van der Waals surface area contributed by atoms with E-state index in [0.29, 0.717) is 18.0 Å². The molecule has 0 bridgehead atoms. The predicted octanol–water partition coefficient (Wildman–Crippen LogP) is 3.20. The number of ether oxygens (including phenoxy) is 1. The summed E-state index contributed by atoms with van der Waals surface area (Å²) in [6.45, 7) is 4.29. The molecule has 0 unspecified atom stereocenters. The summed E-state index contributed by atoms with van der Waals surface area (Å²) < 4.78 is 19.6. The smallest absolute Gasteiger partial charge is 0.321 e. The molecule has 2 N–H and O–H groups in total. The fraction of sp³-hybridized carbons (Fsp3) is 0.462. The molecule has 2 aromatic carbocycles. The number of aliphatic hydroxyl groups is 1. The molecule has 0 radical (unpaired) electrons. The molecule has 1 aliphatic rings. The zero-order valence-electron chi connectivity index (χ0n) is 21.0. The number of nitrogens with zero attached hydrogens (tertiary/aromatic N) is 3. The molecule has 1 heterocycles. The number of hydrogen-bond acceptors (Lipinski definition) is 5. The molecule has 3 atom stereocenters. The minimum Gasteiger partial charge on any atom is -0.488 e. The molecule has 0 saturated heterocycles. The molecule has 35 heavy (non-hydrogen) atoms. The fourth-order valence-electron chi connectivity index (χ4n) is 4.02. The van der Waals surface area contributed by atoms with E-state index >= 15 is 0 Å². The van der Waals surface area contributed by atoms with Crippen LogP contribution in [0.2, 0.25) is 0 Å². The van der Waals surface area contributed by atoms with E-state index in [9.17, 15) is 19.1 Å². The first kappa shape index (κ1) is 26.3. The summed E-state index contributed by atoms with van der Waals surface area (Å²) in [7, 11) is 5.52. The standard InChI is InChI=1S/C26H35FN4O4/c1-17-14-31(18(2)16-32)25(33)13-19-12-22(29(3)4)10-11-23(19)35-24(17)15-30(5)26(34)28-21-8-6-20(27)7-9-21/h6-12,17-18,24,32H,13-16H2,1-5H3,(H,28,34)/t17-,18+,24+/m1/s1. The van der Waals surface area contributed by atoms with Gasteiger partial charge < -0.3 is 29.9 Å². The Morgan fingerprint density at radius 2 is 1.91 bits per heavy atom. The molecule has 0 spiro atoms. The van der Waals surface area contributed by atoms with Crippen molar-refractivity contribution in [2.45, 2.75) is 32.4 Å². The average molecular weight is 487 g/mol. The normalized spacial score (nSPS) is 18.9. The van der Waals surface area contributed by atoms with Crippen molar-refractivity contribution in [3.63, 3.8) is 0 Å². The Kier molecular flexibility index (Phi) is 8.56. The summed E-state index contributed by atoms with van der Waals surface area (Å²) in [4.78, 5) is 31.2. The average Bonchev–Trinajstić information content (AvgIpc) is 2.87. The van der Waals surface area contributed by atoms with Crippen LogP contribution in [0.15, 0.2) is 42.5 Å². The molecule has 0 aliphatic carbocycles. The number of likely N-dealkylation sites (N-methyl/N-ethyl adjacent to an activating group) is 1. The highest BCUT2D eigenvalue weighted by molar-refractivity contribution is 5.89. The number of benzene rings is 2. The Morgan fingerprint density at radius 1 is 1.23 bits per heavy atom. The van der Waals surface area contributed by atoms with Crippen LogP contribution in [0.25, 0.3) is 0 Å². The summed E-state index contributed by atoms with van der Waals surface area (Å²) in [5.41, 5.74) is 2.19. The first-order chi connectivity index (χ1) is 16.6. The zero-order chi connectivity index (χ0) is 25.7. The van der Waals surface area contributed by atoms with Crippen LogP contribution in [0.3, 0.4) is 0 Å². The van der Waals surface area contributed by atoms with Crippen LogP contribution in [-0.4, -0.2) is 79.8 Å². The minimum absolute atomic E-state index is 0.0813. The van der Waals surface area contributed by atoms with Gasteiger partial charge in [0.25, 0.3) is 0 Å². The maximum atomic E-state index is 13.2. The van der Waals surface area contributed by atoms with Gasteiger partial charge in [0.2, 0.25) is 5.91 Å². The number of halogens is 1. The van der Waals surface area contributed by atoms with Gasteiger partial charge in [0.15, 0.2) is 0 Å². The second-order valence-corrected chi connectivity index (χ2v) is 9.39. The summed E-state index contributed by atoms with van der Waals surface area (Å²) in [5, 5.41) is 12.5. The van der Waals surface area contributed by atoms with Gasteiger partial charge in [-0.25, -0.2) is 9.18 Å². The molecular weight excluding hydrogens is 451 g/mol. The van der Waals surface area contributed by atoms with Crippen molar-refractivity contribution in [2.75, 3.05) is 51.1 Å². The van der Waals surface area contributed by atoms with Gasteiger partial charge in [0.05, 0.1) is 25.6 Å². The lowest BCUT2D eigenvalue weighted by Gasteiger charge is -2.34. The van der Waals surface area contributed by atoms with E-state index in [-0.39, 0.29) is 49.3 Å². The Hall–Kier alpha value is -3.33. The van der Waals surface area contributed by atoms with Crippen molar-refractivity contribution < 1.29 is 23.8 Å². The number of urea groups is 1. The van der Waals surface area contributed by atoms with Crippen molar-refractivity contribution in [2.24, 2.45) is 5.92 Å². The monoisotopic (exact) mass is 486 g/mol. The van der Waals surface area contributed by atoms with Crippen LogP contribution in [0.4, 0.5) is 20.6 Å². The van der Waals surface area contributed by atoms with Crippen molar-refractivity contribution in [1.82, 2.24) is 9.80 Å². The van der Waals surface area contributed by atoms with Gasteiger partial charge in [-0.1, -0.05) is 6.92 Å². The highest BCUT2D eigenvalue weighted by atomic mass is 19.1. The largest absolute Gasteiger partial charge is 0.488 e. The molecule has 3 amide bonds. The summed E-state index contributed by atoms with van der Waals surface area (Å²) in [6, 6.07) is 10.6. The minimum atomic E-state index is -0.415. The van der Waals surface area contributed by atoms with Gasteiger partial charge in [-0.2, -0.15) is 0 Å². The Bertz CT molecular complexity index is 1030. The van der Waals surface area contributed by atoms with Gasteiger partial charge in [0.1, 0.15) is 17.7 Å². The van der Waals surface area contributed by atoms with Gasteiger partial charge in [-0.05, 0) is 49.4 Å². The summed E-state index contributed by atoms with van der Waals surface area (Å²) in [5.74, 6) is 0.0128. The van der Waals surface area contributed by atoms with Crippen LogP contribution < -0.4 is 15.0 Å². The van der Waals surface area contributed by atoms with Crippen LogP contribution in [0, 0.1) is 11.7 Å². The van der Waals surface area contributed by atoms with Crippen LogP contribution >= 0.6 is 0 Å². The van der Waals surface area contributed by atoms with Crippen LogP contribution in [0.5, 0.6) is 5.75 Å². The van der Waals surface area contributed by atoms with Crippen LogP contribution in [-0.2, 0) is 11.2 Å². The second kappa shape index (κ2) is 11.4. The number of carbonyl (C=O) groups is 2. The maximum Gasteiger partial charge on any atom is 0.321 e. The lowest BCUT2D eigenvalue weighted by Crippen LogP contribution is -2.48. The first-order valence-electron chi connectivity index (χ1n) is 11.7. The van der Waals surface area contributed by atoms with Crippen LogP contribution in [0.1, 0.15) is 19.4 Å². The Labute approximate surface area is 206 Å². The van der Waals surface area contributed by atoms with E-state index in [1.807, 2.05) is 51.0 Å². The number of carbonyl (C=O) groups excluding carboxylic acids is 2. The van der Waals surface area contributed by atoms with E-state index in [4.69, 9.17) is 4.74 Å². The van der Waals surface area contributed by atoms with E-state index in [1.165, 1.54) is 29.2 Å². The zero-order valence-corrected chi connectivity index (χ0v) is 21.0. The molecule has 8 nitrogen and oxygen atoms in total. The molecule has 3 rings (SSSR count).